The molecule has 0 heterocycles. The third kappa shape index (κ3) is 2.92. The minimum absolute atomic E-state index is 0.0445. The quantitative estimate of drug-likeness (QED) is 0.893. The summed E-state index contributed by atoms with van der Waals surface area (Å²) >= 11 is 0. The lowest BCUT2D eigenvalue weighted by Gasteiger charge is -2.37. The van der Waals surface area contributed by atoms with E-state index in [1.54, 1.807) is 12.1 Å². The Labute approximate surface area is 116 Å². The Balaban J connectivity index is 2.24. The Morgan fingerprint density at radius 2 is 1.85 bits per heavy atom. The monoisotopic (exact) mass is 288 g/mol. The van der Waals surface area contributed by atoms with Crippen LogP contribution in [0.4, 0.5) is 13.2 Å². The van der Waals surface area contributed by atoms with Crippen LogP contribution in [0.5, 0.6) is 5.75 Å². The van der Waals surface area contributed by atoms with E-state index in [-0.39, 0.29) is 25.7 Å². The Kier molecular flexibility index (Phi) is 4.00. The summed E-state index contributed by atoms with van der Waals surface area (Å²) in [4.78, 5) is 0. The third-order valence-electron chi connectivity index (χ3n) is 4.13. The molecule has 1 aliphatic rings. The summed E-state index contributed by atoms with van der Waals surface area (Å²) < 4.78 is 43.3. The summed E-state index contributed by atoms with van der Waals surface area (Å²) in [5, 5.41) is 10.7. The van der Waals surface area contributed by atoms with E-state index in [1.165, 1.54) is 7.11 Å². The molecular weight excluding hydrogens is 269 g/mol. The van der Waals surface area contributed by atoms with E-state index < -0.39 is 17.7 Å². The fourth-order valence-corrected chi connectivity index (χ4v) is 2.88. The minimum Gasteiger partial charge on any atom is -0.496 e. The lowest BCUT2D eigenvalue weighted by molar-refractivity contribution is -0.193. The smallest absolute Gasteiger partial charge is 0.391 e. The molecule has 0 amide bonds. The van der Waals surface area contributed by atoms with Gasteiger partial charge in [-0.05, 0) is 44.7 Å². The molecule has 1 N–H and O–H groups in total. The molecule has 1 aliphatic carbocycles. The molecule has 1 aromatic carbocycles. The van der Waals surface area contributed by atoms with E-state index in [1.807, 2.05) is 13.0 Å². The summed E-state index contributed by atoms with van der Waals surface area (Å²) in [6.45, 7) is 1.88. The minimum atomic E-state index is -4.17. The Hall–Kier alpha value is -1.23. The number of aliphatic hydroxyl groups is 1. The molecule has 0 aromatic heterocycles. The van der Waals surface area contributed by atoms with Gasteiger partial charge in [-0.1, -0.05) is 11.6 Å². The first-order valence-corrected chi connectivity index (χ1v) is 6.70. The normalized spacial score (nSPS) is 27.4. The second-order valence-electron chi connectivity index (χ2n) is 5.55. The van der Waals surface area contributed by atoms with Crippen molar-refractivity contribution in [2.24, 2.45) is 5.92 Å². The molecule has 1 fully saturated rings. The van der Waals surface area contributed by atoms with Gasteiger partial charge >= 0.3 is 6.18 Å². The van der Waals surface area contributed by atoms with E-state index in [0.29, 0.717) is 11.3 Å². The molecule has 1 aromatic rings. The molecule has 0 bridgehead atoms. The van der Waals surface area contributed by atoms with Crippen LogP contribution < -0.4 is 4.74 Å². The Morgan fingerprint density at radius 3 is 2.35 bits per heavy atom. The Bertz CT molecular complexity index is 474. The molecule has 20 heavy (non-hydrogen) atoms. The highest BCUT2D eigenvalue weighted by molar-refractivity contribution is 5.41. The number of alkyl halides is 3. The highest BCUT2D eigenvalue weighted by Crippen LogP contribution is 2.47. The summed E-state index contributed by atoms with van der Waals surface area (Å²) in [6, 6.07) is 5.40. The van der Waals surface area contributed by atoms with Crippen LogP contribution in [-0.4, -0.2) is 18.4 Å². The van der Waals surface area contributed by atoms with Crippen molar-refractivity contribution in [2.45, 2.75) is 44.4 Å². The first kappa shape index (κ1) is 15.2. The van der Waals surface area contributed by atoms with Crippen molar-refractivity contribution < 1.29 is 23.0 Å². The number of hydrogen-bond donors (Lipinski definition) is 1. The number of benzene rings is 1. The fraction of sp³-hybridized carbons (Fsp3) is 0.600. The number of methoxy groups -OCH3 is 1. The zero-order valence-electron chi connectivity index (χ0n) is 11.6. The van der Waals surface area contributed by atoms with E-state index in [2.05, 4.69) is 0 Å². The van der Waals surface area contributed by atoms with E-state index in [0.717, 1.165) is 5.56 Å². The van der Waals surface area contributed by atoms with E-state index in [4.69, 9.17) is 4.74 Å². The van der Waals surface area contributed by atoms with E-state index in [9.17, 15) is 18.3 Å². The van der Waals surface area contributed by atoms with Gasteiger partial charge in [0.25, 0.3) is 0 Å². The van der Waals surface area contributed by atoms with Gasteiger partial charge in [-0.2, -0.15) is 13.2 Å². The van der Waals surface area contributed by atoms with Crippen LogP contribution in [0, 0.1) is 12.8 Å². The largest absolute Gasteiger partial charge is 0.496 e. The van der Waals surface area contributed by atoms with Crippen molar-refractivity contribution in [3.8, 4) is 5.75 Å². The predicted molar refractivity (Wildman–Crippen MR) is 69.6 cm³/mol. The second kappa shape index (κ2) is 5.28. The maximum Gasteiger partial charge on any atom is 0.391 e. The molecule has 0 atom stereocenters. The summed E-state index contributed by atoms with van der Waals surface area (Å²) in [5.41, 5.74) is 0.326. The van der Waals surface area contributed by atoms with Gasteiger partial charge in [-0.25, -0.2) is 0 Å². The standard InChI is InChI=1S/C15H19F3O2/c1-10-3-4-13(20-2)12(9-10)14(19)7-5-11(6-8-14)15(16,17)18/h3-4,9,11,19H,5-8H2,1-2H3. The number of ether oxygens (including phenoxy) is 1. The molecule has 1 saturated carbocycles. The average molecular weight is 288 g/mol. The maximum atomic E-state index is 12.7. The van der Waals surface area contributed by atoms with E-state index >= 15 is 0 Å². The molecule has 2 rings (SSSR count). The molecule has 2 nitrogen and oxygen atoms in total. The van der Waals surface area contributed by atoms with Crippen molar-refractivity contribution in [3.63, 3.8) is 0 Å². The Morgan fingerprint density at radius 1 is 1.25 bits per heavy atom. The molecule has 0 unspecified atom stereocenters. The lowest BCUT2D eigenvalue weighted by atomic mass is 9.74. The van der Waals surface area contributed by atoms with Crippen LogP contribution in [0.25, 0.3) is 0 Å². The van der Waals surface area contributed by atoms with Crippen molar-refractivity contribution in [1.29, 1.82) is 0 Å². The van der Waals surface area contributed by atoms with Crippen LogP contribution in [-0.2, 0) is 5.60 Å². The van der Waals surface area contributed by atoms with Crippen LogP contribution in [0.3, 0.4) is 0 Å². The van der Waals surface area contributed by atoms with Gasteiger partial charge in [0.2, 0.25) is 0 Å². The number of hydrogen-bond acceptors (Lipinski definition) is 2. The van der Waals surface area contributed by atoms with Gasteiger partial charge < -0.3 is 9.84 Å². The SMILES string of the molecule is COc1ccc(C)cc1C1(O)CCC(C(F)(F)F)CC1. The van der Waals surface area contributed by atoms with Crippen LogP contribution >= 0.6 is 0 Å². The molecule has 5 heteroatoms. The van der Waals surface area contributed by atoms with Gasteiger partial charge in [0.1, 0.15) is 5.75 Å². The van der Waals surface area contributed by atoms with Gasteiger partial charge in [0.15, 0.2) is 0 Å². The zero-order valence-corrected chi connectivity index (χ0v) is 11.6. The van der Waals surface area contributed by atoms with Crippen molar-refractivity contribution >= 4 is 0 Å². The van der Waals surface area contributed by atoms with Crippen LogP contribution in [0.2, 0.25) is 0 Å². The molecule has 0 spiro atoms. The number of rotatable bonds is 2. The lowest BCUT2D eigenvalue weighted by Crippen LogP contribution is -2.36. The zero-order chi connectivity index (χ0) is 15.0. The predicted octanol–water partition coefficient (Wildman–Crippen LogP) is 3.94. The van der Waals surface area contributed by atoms with Crippen molar-refractivity contribution in [2.75, 3.05) is 7.11 Å². The maximum absolute atomic E-state index is 12.7. The highest BCUT2D eigenvalue weighted by atomic mass is 19.4. The van der Waals surface area contributed by atoms with Gasteiger partial charge in [0.05, 0.1) is 18.6 Å². The average Bonchev–Trinajstić information content (AvgIpc) is 2.38. The van der Waals surface area contributed by atoms with Gasteiger partial charge in [-0.3, -0.25) is 0 Å². The van der Waals surface area contributed by atoms with Crippen molar-refractivity contribution in [3.05, 3.63) is 29.3 Å². The van der Waals surface area contributed by atoms with Crippen LogP contribution in [0.1, 0.15) is 36.8 Å². The van der Waals surface area contributed by atoms with Crippen molar-refractivity contribution in [1.82, 2.24) is 0 Å². The molecule has 0 aliphatic heterocycles. The summed E-state index contributed by atoms with van der Waals surface area (Å²) in [7, 11) is 1.50. The molecule has 112 valence electrons. The number of aryl methyl sites for hydroxylation is 1. The topological polar surface area (TPSA) is 29.5 Å². The summed E-state index contributed by atoms with van der Waals surface area (Å²) in [6.07, 6.45) is -4.04. The van der Waals surface area contributed by atoms with Gasteiger partial charge in [-0.15, -0.1) is 0 Å². The molecule has 0 saturated heterocycles. The fourth-order valence-electron chi connectivity index (χ4n) is 2.88. The highest BCUT2D eigenvalue weighted by Gasteiger charge is 2.46. The first-order chi connectivity index (χ1) is 9.26. The number of halogens is 3. The van der Waals surface area contributed by atoms with Crippen LogP contribution in [0.15, 0.2) is 18.2 Å². The first-order valence-electron chi connectivity index (χ1n) is 6.70. The molecule has 0 radical (unpaired) electrons. The molecular formula is C15H19F3O2. The van der Waals surface area contributed by atoms with Gasteiger partial charge in [0, 0.05) is 5.56 Å². The summed E-state index contributed by atoms with van der Waals surface area (Å²) in [5.74, 6) is -0.776. The second-order valence-corrected chi connectivity index (χ2v) is 5.55. The third-order valence-corrected chi connectivity index (χ3v) is 4.13.